The topological polar surface area (TPSA) is 73.7 Å². The zero-order chi connectivity index (χ0) is 14.7. The van der Waals surface area contributed by atoms with Crippen molar-refractivity contribution < 1.29 is 14.7 Å². The number of carboxylic acids is 1. The fourth-order valence-corrected chi connectivity index (χ4v) is 3.33. The minimum absolute atomic E-state index is 0.0576. The third-order valence-corrected chi connectivity index (χ3v) is 4.52. The van der Waals surface area contributed by atoms with Crippen molar-refractivity contribution in [2.75, 3.05) is 26.2 Å². The number of aromatic nitrogens is 1. The molecule has 6 nitrogen and oxygen atoms in total. The summed E-state index contributed by atoms with van der Waals surface area (Å²) in [5, 5.41) is 10.5. The van der Waals surface area contributed by atoms with Gasteiger partial charge in [-0.2, -0.15) is 0 Å². The van der Waals surface area contributed by atoms with Crippen LogP contribution in [0.15, 0.2) is 5.38 Å². The van der Waals surface area contributed by atoms with E-state index in [0.29, 0.717) is 19.1 Å². The van der Waals surface area contributed by atoms with Crippen molar-refractivity contribution in [1.82, 2.24) is 14.8 Å². The van der Waals surface area contributed by atoms with Gasteiger partial charge in [0.05, 0.1) is 0 Å². The molecule has 2 heterocycles. The summed E-state index contributed by atoms with van der Waals surface area (Å²) in [7, 11) is 0. The number of likely N-dealkylation sites (tertiary alicyclic amines) is 1. The molecular formula is C13H19N3O3S. The molecule has 1 atom stereocenters. The van der Waals surface area contributed by atoms with Gasteiger partial charge in [0.2, 0.25) is 0 Å². The lowest BCUT2D eigenvalue weighted by molar-refractivity contribution is 0.0691. The second kappa shape index (κ2) is 6.32. The van der Waals surface area contributed by atoms with Crippen LogP contribution >= 0.6 is 11.3 Å². The molecule has 0 bridgehead atoms. The van der Waals surface area contributed by atoms with Crippen LogP contribution < -0.4 is 0 Å². The van der Waals surface area contributed by atoms with Gasteiger partial charge in [0.25, 0.3) is 5.91 Å². The maximum Gasteiger partial charge on any atom is 0.355 e. The van der Waals surface area contributed by atoms with Gasteiger partial charge < -0.3 is 10.0 Å². The van der Waals surface area contributed by atoms with Gasteiger partial charge in [0, 0.05) is 24.5 Å². The van der Waals surface area contributed by atoms with Gasteiger partial charge in [0.15, 0.2) is 10.7 Å². The Morgan fingerprint density at radius 2 is 2.20 bits per heavy atom. The summed E-state index contributed by atoms with van der Waals surface area (Å²) in [5.74, 6) is -1.25. The lowest BCUT2D eigenvalue weighted by atomic mass is 10.2. The van der Waals surface area contributed by atoms with Crippen molar-refractivity contribution in [2.24, 2.45) is 0 Å². The van der Waals surface area contributed by atoms with Crippen LogP contribution in [0.5, 0.6) is 0 Å². The highest BCUT2D eigenvalue weighted by Gasteiger charge is 2.31. The minimum Gasteiger partial charge on any atom is -0.476 e. The van der Waals surface area contributed by atoms with E-state index in [2.05, 4.69) is 23.7 Å². The Morgan fingerprint density at radius 1 is 1.50 bits per heavy atom. The molecule has 1 N–H and O–H groups in total. The van der Waals surface area contributed by atoms with Crippen LogP contribution in [0, 0.1) is 0 Å². The van der Waals surface area contributed by atoms with Crippen molar-refractivity contribution in [2.45, 2.75) is 26.3 Å². The van der Waals surface area contributed by atoms with Gasteiger partial charge in [-0.1, -0.05) is 13.8 Å². The predicted octanol–water partition coefficient (Wildman–Crippen LogP) is 1.40. The van der Waals surface area contributed by atoms with Gasteiger partial charge in [-0.05, 0) is 19.5 Å². The molecule has 1 amide bonds. The fourth-order valence-electron chi connectivity index (χ4n) is 2.57. The first kappa shape index (κ1) is 14.9. The first-order valence-corrected chi connectivity index (χ1v) is 7.66. The molecule has 1 aliphatic rings. The normalized spacial score (nSPS) is 18.8. The van der Waals surface area contributed by atoms with Crippen molar-refractivity contribution in [3.63, 3.8) is 0 Å². The van der Waals surface area contributed by atoms with E-state index >= 15 is 0 Å². The van der Waals surface area contributed by atoms with Crippen molar-refractivity contribution >= 4 is 23.2 Å². The Hall–Kier alpha value is -1.47. The zero-order valence-corrected chi connectivity index (χ0v) is 12.5. The summed E-state index contributed by atoms with van der Waals surface area (Å²) in [4.78, 5) is 31.1. The molecule has 1 aromatic heterocycles. The summed E-state index contributed by atoms with van der Waals surface area (Å²) in [6, 6.07) is 0.396. The van der Waals surface area contributed by atoms with Crippen LogP contribution in [0.2, 0.25) is 0 Å². The Balaban J connectivity index is 2.02. The molecule has 0 aromatic carbocycles. The standard InChI is InChI=1S/C13H19N3O3S/c1-3-15(4-2)9-5-6-16(7-9)12(17)11-14-10(8-20-11)13(18)19/h8-9H,3-7H2,1-2H3,(H,18,19). The molecule has 0 radical (unpaired) electrons. The maximum atomic E-state index is 12.3. The van der Waals surface area contributed by atoms with Gasteiger partial charge >= 0.3 is 5.97 Å². The summed E-state index contributed by atoms with van der Waals surface area (Å²) >= 11 is 1.10. The third kappa shape index (κ3) is 2.99. The molecule has 2 rings (SSSR count). The average Bonchev–Trinajstić information content (AvgIpc) is 3.09. The number of nitrogens with zero attached hydrogens (tertiary/aromatic N) is 3. The number of aromatic carboxylic acids is 1. The molecule has 20 heavy (non-hydrogen) atoms. The maximum absolute atomic E-state index is 12.3. The molecule has 1 aliphatic heterocycles. The van der Waals surface area contributed by atoms with E-state index in [9.17, 15) is 9.59 Å². The number of carbonyl (C=O) groups is 2. The quantitative estimate of drug-likeness (QED) is 0.889. The predicted molar refractivity (Wildman–Crippen MR) is 76.3 cm³/mol. The molecule has 1 fully saturated rings. The van der Waals surface area contributed by atoms with E-state index in [-0.39, 0.29) is 16.6 Å². The molecule has 7 heteroatoms. The number of amides is 1. The smallest absolute Gasteiger partial charge is 0.355 e. The van der Waals surface area contributed by atoms with Crippen molar-refractivity contribution in [3.05, 3.63) is 16.1 Å². The van der Waals surface area contributed by atoms with E-state index in [1.54, 1.807) is 4.90 Å². The van der Waals surface area contributed by atoms with Crippen LogP contribution in [0.4, 0.5) is 0 Å². The van der Waals surface area contributed by atoms with E-state index in [0.717, 1.165) is 30.8 Å². The second-order valence-corrected chi connectivity index (χ2v) is 5.62. The highest BCUT2D eigenvalue weighted by atomic mass is 32.1. The molecule has 0 aliphatic carbocycles. The van der Waals surface area contributed by atoms with E-state index in [1.807, 2.05) is 0 Å². The minimum atomic E-state index is -1.09. The Labute approximate surface area is 122 Å². The largest absolute Gasteiger partial charge is 0.476 e. The van der Waals surface area contributed by atoms with Crippen LogP contribution in [0.25, 0.3) is 0 Å². The van der Waals surface area contributed by atoms with E-state index in [4.69, 9.17) is 5.11 Å². The van der Waals surface area contributed by atoms with Gasteiger partial charge in [-0.25, -0.2) is 9.78 Å². The summed E-state index contributed by atoms with van der Waals surface area (Å²) in [6.45, 7) is 7.60. The van der Waals surface area contributed by atoms with E-state index < -0.39 is 5.97 Å². The van der Waals surface area contributed by atoms with Crippen LogP contribution in [-0.2, 0) is 0 Å². The molecule has 1 aromatic rings. The number of hydrogen-bond acceptors (Lipinski definition) is 5. The SMILES string of the molecule is CCN(CC)C1CCN(C(=O)c2nc(C(=O)O)cs2)C1. The summed E-state index contributed by atoms with van der Waals surface area (Å²) in [6.07, 6.45) is 0.963. The number of hydrogen-bond donors (Lipinski definition) is 1. The number of likely N-dealkylation sites (N-methyl/N-ethyl adjacent to an activating group) is 1. The molecular weight excluding hydrogens is 278 g/mol. The highest BCUT2D eigenvalue weighted by Crippen LogP contribution is 2.19. The summed E-state index contributed by atoms with van der Waals surface area (Å²) in [5.41, 5.74) is -0.0576. The Kier molecular flexibility index (Phi) is 4.72. The van der Waals surface area contributed by atoms with Crippen LogP contribution in [-0.4, -0.2) is 64.0 Å². The van der Waals surface area contributed by atoms with Crippen LogP contribution in [0.3, 0.4) is 0 Å². The number of rotatable bonds is 5. The lowest BCUT2D eigenvalue weighted by Gasteiger charge is -2.25. The average molecular weight is 297 g/mol. The molecule has 1 saturated heterocycles. The Bertz CT molecular complexity index is 499. The fraction of sp³-hybridized carbons (Fsp3) is 0.615. The van der Waals surface area contributed by atoms with Crippen molar-refractivity contribution in [3.8, 4) is 0 Å². The van der Waals surface area contributed by atoms with Gasteiger partial charge in [-0.15, -0.1) is 11.3 Å². The summed E-state index contributed by atoms with van der Waals surface area (Å²) < 4.78 is 0. The number of carboxylic acid groups (broad SMARTS) is 1. The molecule has 1 unspecified atom stereocenters. The third-order valence-electron chi connectivity index (χ3n) is 3.69. The van der Waals surface area contributed by atoms with Crippen LogP contribution in [0.1, 0.15) is 40.6 Å². The monoisotopic (exact) mass is 297 g/mol. The first-order valence-electron chi connectivity index (χ1n) is 6.78. The number of thiazole rings is 1. The Morgan fingerprint density at radius 3 is 2.75 bits per heavy atom. The molecule has 110 valence electrons. The lowest BCUT2D eigenvalue weighted by Crippen LogP contribution is -2.38. The first-order chi connectivity index (χ1) is 9.56. The second-order valence-electron chi connectivity index (χ2n) is 4.76. The zero-order valence-electron chi connectivity index (χ0n) is 11.7. The molecule has 0 spiro atoms. The number of carbonyl (C=O) groups excluding carboxylic acids is 1. The van der Waals surface area contributed by atoms with Crippen molar-refractivity contribution in [1.29, 1.82) is 0 Å². The van der Waals surface area contributed by atoms with E-state index in [1.165, 1.54) is 5.38 Å². The van der Waals surface area contributed by atoms with Gasteiger partial charge in [0.1, 0.15) is 0 Å². The molecule has 0 saturated carbocycles. The van der Waals surface area contributed by atoms with Gasteiger partial charge in [-0.3, -0.25) is 9.69 Å². The highest BCUT2D eigenvalue weighted by molar-refractivity contribution is 7.11.